The molecule has 0 amide bonds. The molecule has 0 saturated heterocycles. The number of carboxylic acids is 1. The molecular weight excluding hydrogens is 300 g/mol. The van der Waals surface area contributed by atoms with E-state index in [0.717, 1.165) is 27.4 Å². The van der Waals surface area contributed by atoms with Crippen LogP contribution in [0.3, 0.4) is 0 Å². The van der Waals surface area contributed by atoms with Crippen molar-refractivity contribution in [3.63, 3.8) is 0 Å². The van der Waals surface area contributed by atoms with Gasteiger partial charge in [-0.15, -0.1) is 0 Å². The highest BCUT2D eigenvalue weighted by Gasteiger charge is 2.18. The summed E-state index contributed by atoms with van der Waals surface area (Å²) in [6.07, 6.45) is 0.454. The highest BCUT2D eigenvalue weighted by Crippen LogP contribution is 2.32. The molecule has 18 heavy (non-hydrogen) atoms. The van der Waals surface area contributed by atoms with Crippen LogP contribution >= 0.6 is 15.9 Å². The lowest BCUT2D eigenvalue weighted by atomic mass is 10.2. The van der Waals surface area contributed by atoms with Crippen molar-refractivity contribution in [2.75, 3.05) is 0 Å². The average Bonchev–Trinajstić information content (AvgIpc) is 2.81. The Morgan fingerprint density at radius 1 is 1.56 bits per heavy atom. The Hall–Kier alpha value is -1.56. The Balaban J connectivity index is 2.35. The zero-order chi connectivity index (χ0) is 13.3. The minimum atomic E-state index is -0.831. The molecule has 0 saturated carbocycles. The summed E-state index contributed by atoms with van der Waals surface area (Å²) >= 11 is 3.46. The van der Waals surface area contributed by atoms with Gasteiger partial charge < -0.3 is 9.52 Å². The van der Waals surface area contributed by atoms with Crippen LogP contribution in [0.25, 0.3) is 11.5 Å². The molecule has 2 aromatic rings. The zero-order valence-corrected chi connectivity index (χ0v) is 11.7. The molecule has 0 spiro atoms. The van der Waals surface area contributed by atoms with Gasteiger partial charge in [-0.05, 0) is 35.0 Å². The van der Waals surface area contributed by atoms with Crippen molar-refractivity contribution in [2.45, 2.75) is 19.8 Å². The van der Waals surface area contributed by atoms with E-state index in [-0.39, 0.29) is 6.42 Å². The second-order valence-electron chi connectivity index (χ2n) is 4.04. The van der Waals surface area contributed by atoms with Gasteiger partial charge in [0, 0.05) is 13.5 Å². The molecule has 6 heteroatoms. The fourth-order valence-corrected chi connectivity index (χ4v) is 2.50. The van der Waals surface area contributed by atoms with Gasteiger partial charge in [-0.1, -0.05) is 0 Å². The molecule has 0 aliphatic heterocycles. The first-order valence-electron chi connectivity index (χ1n) is 5.49. The number of carbonyl (C=O) groups is 1. The van der Waals surface area contributed by atoms with E-state index in [4.69, 9.17) is 9.52 Å². The predicted molar refractivity (Wildman–Crippen MR) is 69.3 cm³/mol. The molecule has 5 nitrogen and oxygen atoms in total. The molecule has 0 fully saturated rings. The van der Waals surface area contributed by atoms with Crippen LogP contribution in [0.5, 0.6) is 0 Å². The van der Waals surface area contributed by atoms with E-state index in [0.29, 0.717) is 6.42 Å². The summed E-state index contributed by atoms with van der Waals surface area (Å²) in [5.41, 5.74) is 1.55. The molecular formula is C12H13BrN2O3. The van der Waals surface area contributed by atoms with Gasteiger partial charge in [0.2, 0.25) is 0 Å². The quantitative estimate of drug-likeness (QED) is 0.942. The summed E-state index contributed by atoms with van der Waals surface area (Å²) < 4.78 is 8.05. The number of halogens is 1. The summed E-state index contributed by atoms with van der Waals surface area (Å²) in [5.74, 6) is 0.712. The number of aryl methyl sites for hydroxylation is 3. The summed E-state index contributed by atoms with van der Waals surface area (Å²) in [4.78, 5) is 10.6. The fraction of sp³-hybridized carbons (Fsp3) is 0.333. The number of aromatic nitrogens is 2. The first kappa shape index (κ1) is 12.9. The molecule has 0 unspecified atom stereocenters. The largest absolute Gasteiger partial charge is 0.481 e. The van der Waals surface area contributed by atoms with Gasteiger partial charge in [0.05, 0.1) is 16.6 Å². The van der Waals surface area contributed by atoms with E-state index >= 15 is 0 Å². The third kappa shape index (κ3) is 2.48. The zero-order valence-electron chi connectivity index (χ0n) is 10.1. The van der Waals surface area contributed by atoms with Crippen molar-refractivity contribution in [2.24, 2.45) is 7.05 Å². The summed E-state index contributed by atoms with van der Waals surface area (Å²) in [6, 6.07) is 3.75. The van der Waals surface area contributed by atoms with Crippen LogP contribution in [-0.2, 0) is 18.3 Å². The van der Waals surface area contributed by atoms with Gasteiger partial charge in [0.1, 0.15) is 11.5 Å². The number of carboxylic acid groups (broad SMARTS) is 1. The van der Waals surface area contributed by atoms with Crippen LogP contribution in [0.1, 0.15) is 17.9 Å². The standard InChI is InChI=1S/C12H13BrN2O3/c1-7-3-5-9(18-7)12-11(13)8(14-15(12)2)4-6-10(16)17/h3,5H,4,6H2,1-2H3,(H,16,17). The van der Waals surface area contributed by atoms with Crippen molar-refractivity contribution in [1.82, 2.24) is 9.78 Å². The Bertz CT molecular complexity index is 586. The lowest BCUT2D eigenvalue weighted by molar-refractivity contribution is -0.136. The number of rotatable bonds is 4. The van der Waals surface area contributed by atoms with E-state index in [1.165, 1.54) is 0 Å². The van der Waals surface area contributed by atoms with E-state index in [2.05, 4.69) is 21.0 Å². The summed E-state index contributed by atoms with van der Waals surface area (Å²) in [6.45, 7) is 1.87. The minimum Gasteiger partial charge on any atom is -0.481 e. The van der Waals surface area contributed by atoms with Gasteiger partial charge in [0.15, 0.2) is 5.76 Å². The molecule has 2 heterocycles. The number of nitrogens with zero attached hydrogens (tertiary/aromatic N) is 2. The smallest absolute Gasteiger partial charge is 0.303 e. The van der Waals surface area contributed by atoms with E-state index in [1.807, 2.05) is 26.1 Å². The third-order valence-corrected chi connectivity index (χ3v) is 3.44. The molecule has 0 radical (unpaired) electrons. The Morgan fingerprint density at radius 3 is 2.83 bits per heavy atom. The van der Waals surface area contributed by atoms with Crippen molar-refractivity contribution < 1.29 is 14.3 Å². The lowest BCUT2D eigenvalue weighted by Crippen LogP contribution is -1.99. The van der Waals surface area contributed by atoms with Crippen LogP contribution in [0.15, 0.2) is 21.0 Å². The number of aliphatic carboxylic acids is 1. The van der Waals surface area contributed by atoms with E-state index in [1.54, 1.807) is 4.68 Å². The minimum absolute atomic E-state index is 0.0617. The maximum Gasteiger partial charge on any atom is 0.303 e. The molecule has 0 aliphatic carbocycles. The van der Waals surface area contributed by atoms with Gasteiger partial charge in [0.25, 0.3) is 0 Å². The third-order valence-electron chi connectivity index (χ3n) is 2.61. The number of furan rings is 1. The van der Waals surface area contributed by atoms with Crippen molar-refractivity contribution in [1.29, 1.82) is 0 Å². The SMILES string of the molecule is Cc1ccc(-c2c(Br)c(CCC(=O)O)nn2C)o1. The van der Waals surface area contributed by atoms with Crippen LogP contribution < -0.4 is 0 Å². The topological polar surface area (TPSA) is 68.3 Å². The Labute approximate surface area is 113 Å². The van der Waals surface area contributed by atoms with Crippen molar-refractivity contribution in [3.8, 4) is 11.5 Å². The van der Waals surface area contributed by atoms with Crippen LogP contribution in [0.2, 0.25) is 0 Å². The molecule has 1 N–H and O–H groups in total. The van der Waals surface area contributed by atoms with Gasteiger partial charge >= 0.3 is 5.97 Å². The average molecular weight is 313 g/mol. The van der Waals surface area contributed by atoms with E-state index < -0.39 is 5.97 Å². The number of hydrogen-bond donors (Lipinski definition) is 1. The Kier molecular flexibility index (Phi) is 3.56. The molecule has 0 atom stereocenters. The summed E-state index contributed by atoms with van der Waals surface area (Å²) in [5, 5.41) is 13.0. The van der Waals surface area contributed by atoms with Crippen LogP contribution in [0, 0.1) is 6.92 Å². The molecule has 2 aromatic heterocycles. The van der Waals surface area contributed by atoms with E-state index in [9.17, 15) is 4.79 Å². The Morgan fingerprint density at radius 2 is 2.28 bits per heavy atom. The lowest BCUT2D eigenvalue weighted by Gasteiger charge is -1.98. The van der Waals surface area contributed by atoms with Gasteiger partial charge in [-0.3, -0.25) is 9.48 Å². The van der Waals surface area contributed by atoms with Crippen LogP contribution in [0.4, 0.5) is 0 Å². The van der Waals surface area contributed by atoms with Crippen LogP contribution in [-0.4, -0.2) is 20.9 Å². The van der Waals surface area contributed by atoms with Gasteiger partial charge in [-0.25, -0.2) is 0 Å². The summed E-state index contributed by atoms with van der Waals surface area (Å²) in [7, 11) is 1.81. The molecule has 96 valence electrons. The molecule has 0 bridgehead atoms. The normalized spacial score (nSPS) is 10.8. The van der Waals surface area contributed by atoms with Crippen molar-refractivity contribution >= 4 is 21.9 Å². The molecule has 0 aliphatic rings. The second kappa shape index (κ2) is 4.97. The van der Waals surface area contributed by atoms with Gasteiger partial charge in [-0.2, -0.15) is 5.10 Å². The second-order valence-corrected chi connectivity index (χ2v) is 4.83. The molecule has 2 rings (SSSR count). The monoisotopic (exact) mass is 312 g/mol. The highest BCUT2D eigenvalue weighted by atomic mass is 79.9. The highest BCUT2D eigenvalue weighted by molar-refractivity contribution is 9.10. The first-order valence-corrected chi connectivity index (χ1v) is 6.28. The predicted octanol–water partition coefficient (Wildman–Crippen LogP) is 2.77. The number of hydrogen-bond acceptors (Lipinski definition) is 3. The first-order chi connectivity index (χ1) is 8.49. The molecule has 0 aromatic carbocycles. The fourth-order valence-electron chi connectivity index (χ4n) is 1.77. The maximum atomic E-state index is 10.6. The van der Waals surface area contributed by atoms with Crippen molar-refractivity contribution in [3.05, 3.63) is 28.1 Å². The maximum absolute atomic E-state index is 10.6.